The van der Waals surface area contributed by atoms with Crippen molar-refractivity contribution in [2.24, 2.45) is 0 Å². The van der Waals surface area contributed by atoms with Crippen LogP contribution in [-0.2, 0) is 20.0 Å². The molecule has 0 heterocycles. The monoisotopic (exact) mass is 290 g/mol. The van der Waals surface area contributed by atoms with Gasteiger partial charge in [0.05, 0.1) is 11.3 Å². The molecule has 100 valence electrons. The van der Waals surface area contributed by atoms with E-state index >= 15 is 0 Å². The zero-order chi connectivity index (χ0) is 14.1. The maximum Gasteiger partial charge on any atom is 0.304 e. The lowest BCUT2D eigenvalue weighted by Gasteiger charge is -2.23. The van der Waals surface area contributed by atoms with Crippen LogP contribution in [0.1, 0.15) is 25.8 Å². The van der Waals surface area contributed by atoms with E-state index in [9.17, 15) is 13.2 Å². The summed E-state index contributed by atoms with van der Waals surface area (Å²) in [4.78, 5) is 10.9. The van der Waals surface area contributed by atoms with Gasteiger partial charge in [-0.25, -0.2) is 8.42 Å². The number of benzene rings is 1. The Bertz CT molecular complexity index is 576. The quantitative estimate of drug-likeness (QED) is 0.925. The fourth-order valence-corrected chi connectivity index (χ4v) is 2.63. The summed E-state index contributed by atoms with van der Waals surface area (Å²) in [5.41, 5.74) is -0.0891. The molecule has 0 aromatic heterocycles. The molecule has 0 atom stereocenters. The third-order valence-corrected chi connectivity index (χ3v) is 3.98. The average molecular weight is 291 g/mol. The third kappa shape index (κ3) is 3.71. The molecule has 4 nitrogen and oxygen atoms in total. The van der Waals surface area contributed by atoms with Crippen LogP contribution in [-0.4, -0.2) is 25.7 Å². The van der Waals surface area contributed by atoms with Crippen LogP contribution < -0.4 is 0 Å². The minimum absolute atomic E-state index is 0.100. The Labute approximate surface area is 112 Å². The van der Waals surface area contributed by atoms with E-state index in [4.69, 9.17) is 16.7 Å². The minimum Gasteiger partial charge on any atom is -0.481 e. The third-order valence-electron chi connectivity index (χ3n) is 2.67. The zero-order valence-corrected chi connectivity index (χ0v) is 12.0. The number of carboxylic acids is 1. The summed E-state index contributed by atoms with van der Waals surface area (Å²) < 4.78 is 23.0. The summed E-state index contributed by atoms with van der Waals surface area (Å²) in [6.45, 7) is 3.47. The summed E-state index contributed by atoms with van der Waals surface area (Å²) in [7, 11) is -3.37. The fourth-order valence-electron chi connectivity index (χ4n) is 1.65. The van der Waals surface area contributed by atoms with Crippen molar-refractivity contribution >= 4 is 27.4 Å². The van der Waals surface area contributed by atoms with Crippen LogP contribution in [0.3, 0.4) is 0 Å². The molecule has 0 aliphatic rings. The highest BCUT2D eigenvalue weighted by atomic mass is 35.5. The molecule has 0 unspecified atom stereocenters. The number of sulfone groups is 1. The van der Waals surface area contributed by atoms with Gasteiger partial charge in [0.1, 0.15) is 0 Å². The predicted octanol–water partition coefficient (Wildman–Crippen LogP) is 2.50. The largest absolute Gasteiger partial charge is 0.481 e. The molecule has 0 saturated heterocycles. The van der Waals surface area contributed by atoms with Crippen molar-refractivity contribution in [1.29, 1.82) is 0 Å². The topological polar surface area (TPSA) is 71.4 Å². The summed E-state index contributed by atoms with van der Waals surface area (Å²) in [5.74, 6) is -0.944. The van der Waals surface area contributed by atoms with Gasteiger partial charge in [-0.15, -0.1) is 0 Å². The van der Waals surface area contributed by atoms with Crippen molar-refractivity contribution in [3.8, 4) is 0 Å². The highest BCUT2D eigenvalue weighted by Crippen LogP contribution is 2.31. The summed E-state index contributed by atoms with van der Waals surface area (Å²) >= 11 is 5.89. The van der Waals surface area contributed by atoms with Crippen LogP contribution in [0, 0.1) is 0 Å². The van der Waals surface area contributed by atoms with Crippen LogP contribution in [0.15, 0.2) is 23.1 Å². The number of carbonyl (C=O) groups is 1. The van der Waals surface area contributed by atoms with Gasteiger partial charge >= 0.3 is 5.97 Å². The van der Waals surface area contributed by atoms with E-state index in [2.05, 4.69) is 0 Å². The number of hydrogen-bond acceptors (Lipinski definition) is 3. The molecular weight excluding hydrogens is 276 g/mol. The van der Waals surface area contributed by atoms with Crippen LogP contribution in [0.5, 0.6) is 0 Å². The number of halogens is 1. The van der Waals surface area contributed by atoms with E-state index in [-0.39, 0.29) is 16.3 Å². The molecule has 1 N–H and O–H groups in total. The zero-order valence-electron chi connectivity index (χ0n) is 10.4. The first-order valence-corrected chi connectivity index (χ1v) is 7.52. The standard InChI is InChI=1S/C12H15ClO4S/c1-12(2,7-11(14)15)8-4-9(13)6-10(5-8)18(3,16)17/h4-6H,7H2,1-3H3,(H,14,15). The van der Waals surface area contributed by atoms with Crippen LogP contribution in [0.4, 0.5) is 0 Å². The normalized spacial score (nSPS) is 12.4. The van der Waals surface area contributed by atoms with E-state index in [1.807, 2.05) is 0 Å². The molecule has 0 amide bonds. The molecule has 0 spiro atoms. The van der Waals surface area contributed by atoms with Gasteiger partial charge in [-0.3, -0.25) is 4.79 Å². The fraction of sp³-hybridized carbons (Fsp3) is 0.417. The highest BCUT2D eigenvalue weighted by molar-refractivity contribution is 7.90. The van der Waals surface area contributed by atoms with Crippen molar-refractivity contribution in [1.82, 2.24) is 0 Å². The summed E-state index contributed by atoms with van der Waals surface area (Å²) in [5, 5.41) is 9.14. The van der Waals surface area contributed by atoms with Crippen molar-refractivity contribution in [2.45, 2.75) is 30.6 Å². The molecule has 0 aliphatic carbocycles. The van der Waals surface area contributed by atoms with Gasteiger partial charge in [0.15, 0.2) is 9.84 Å². The van der Waals surface area contributed by atoms with Crippen molar-refractivity contribution < 1.29 is 18.3 Å². The molecule has 0 radical (unpaired) electrons. The second-order valence-electron chi connectivity index (χ2n) is 4.90. The maximum absolute atomic E-state index is 11.5. The molecule has 1 rings (SSSR count). The van der Waals surface area contributed by atoms with Crippen molar-refractivity contribution in [3.63, 3.8) is 0 Å². The minimum atomic E-state index is -3.37. The number of aliphatic carboxylic acids is 1. The average Bonchev–Trinajstić information content (AvgIpc) is 2.13. The molecule has 0 fully saturated rings. The lowest BCUT2D eigenvalue weighted by atomic mass is 9.82. The molecule has 1 aromatic rings. The van der Waals surface area contributed by atoms with Gasteiger partial charge in [0.2, 0.25) is 0 Å². The van der Waals surface area contributed by atoms with Crippen molar-refractivity contribution in [3.05, 3.63) is 28.8 Å². The molecule has 18 heavy (non-hydrogen) atoms. The molecule has 0 bridgehead atoms. The Morgan fingerprint density at radius 2 is 1.89 bits per heavy atom. The Morgan fingerprint density at radius 3 is 2.33 bits per heavy atom. The van der Waals surface area contributed by atoms with Crippen LogP contribution in [0.25, 0.3) is 0 Å². The lowest BCUT2D eigenvalue weighted by molar-refractivity contribution is -0.138. The van der Waals surface area contributed by atoms with Gasteiger partial charge in [-0.05, 0) is 23.8 Å². The predicted molar refractivity (Wildman–Crippen MR) is 69.8 cm³/mol. The second-order valence-corrected chi connectivity index (χ2v) is 7.35. The number of hydrogen-bond donors (Lipinski definition) is 1. The first kappa shape index (κ1) is 15.0. The summed E-state index contributed by atoms with van der Waals surface area (Å²) in [6, 6.07) is 4.43. The van der Waals surface area contributed by atoms with E-state index in [0.29, 0.717) is 5.56 Å². The lowest BCUT2D eigenvalue weighted by Crippen LogP contribution is -2.22. The Morgan fingerprint density at radius 1 is 1.33 bits per heavy atom. The molecule has 1 aromatic carbocycles. The number of rotatable bonds is 4. The van der Waals surface area contributed by atoms with Crippen LogP contribution >= 0.6 is 11.6 Å². The summed E-state index contributed by atoms with van der Waals surface area (Å²) in [6.07, 6.45) is 0.989. The second kappa shape index (κ2) is 4.90. The van der Waals surface area contributed by atoms with E-state index in [0.717, 1.165) is 6.26 Å². The SMILES string of the molecule is CC(C)(CC(=O)O)c1cc(Cl)cc(S(C)(=O)=O)c1. The highest BCUT2D eigenvalue weighted by Gasteiger charge is 2.26. The Hall–Kier alpha value is -1.07. The van der Waals surface area contributed by atoms with E-state index in [1.165, 1.54) is 12.1 Å². The molecule has 0 aliphatic heterocycles. The van der Waals surface area contributed by atoms with Gasteiger partial charge in [-0.1, -0.05) is 25.4 Å². The van der Waals surface area contributed by atoms with E-state index in [1.54, 1.807) is 19.9 Å². The first-order valence-electron chi connectivity index (χ1n) is 5.25. The van der Waals surface area contributed by atoms with E-state index < -0.39 is 21.2 Å². The number of carboxylic acid groups (broad SMARTS) is 1. The Kier molecular flexibility index (Phi) is 4.08. The maximum atomic E-state index is 11.5. The van der Waals surface area contributed by atoms with Crippen LogP contribution in [0.2, 0.25) is 5.02 Å². The first-order chi connectivity index (χ1) is 8.02. The smallest absolute Gasteiger partial charge is 0.304 e. The van der Waals surface area contributed by atoms with Gasteiger partial charge in [-0.2, -0.15) is 0 Å². The van der Waals surface area contributed by atoms with Gasteiger partial charge < -0.3 is 5.11 Å². The molecular formula is C12H15ClO4S. The molecule has 6 heteroatoms. The van der Waals surface area contributed by atoms with Crippen molar-refractivity contribution in [2.75, 3.05) is 6.26 Å². The molecule has 0 saturated carbocycles. The van der Waals surface area contributed by atoms with Gasteiger partial charge in [0, 0.05) is 16.7 Å². The van der Waals surface area contributed by atoms with Gasteiger partial charge in [0.25, 0.3) is 0 Å². The Balaban J connectivity index is 3.34.